The second kappa shape index (κ2) is 8.56. The minimum atomic E-state index is -0.787. The first kappa shape index (κ1) is 21.5. The van der Waals surface area contributed by atoms with Gasteiger partial charge in [-0.2, -0.15) is 0 Å². The van der Waals surface area contributed by atoms with Crippen LogP contribution in [0.4, 0.5) is 5.69 Å². The van der Waals surface area contributed by atoms with Gasteiger partial charge < -0.3 is 14.8 Å². The van der Waals surface area contributed by atoms with E-state index in [1.54, 1.807) is 42.6 Å². The Bertz CT molecular complexity index is 1400. The molecule has 170 valence electrons. The number of fused-ring (bicyclic) bond motifs is 1. The van der Waals surface area contributed by atoms with Crippen molar-refractivity contribution in [2.24, 2.45) is 0 Å². The number of hydrogen-bond donors (Lipinski definition) is 2. The Morgan fingerprint density at radius 3 is 2.32 bits per heavy atom. The van der Waals surface area contributed by atoms with E-state index in [9.17, 15) is 14.7 Å². The lowest BCUT2D eigenvalue weighted by atomic mass is 9.94. The lowest BCUT2D eigenvalue weighted by Gasteiger charge is -2.25. The predicted molar refractivity (Wildman–Crippen MR) is 132 cm³/mol. The van der Waals surface area contributed by atoms with E-state index >= 15 is 0 Å². The van der Waals surface area contributed by atoms with Crippen LogP contribution in [0.3, 0.4) is 0 Å². The van der Waals surface area contributed by atoms with Gasteiger partial charge >= 0.3 is 0 Å². The highest BCUT2D eigenvalue weighted by atomic mass is 16.5. The summed E-state index contributed by atoms with van der Waals surface area (Å²) < 4.78 is 5.68. The summed E-state index contributed by atoms with van der Waals surface area (Å²) in [5, 5.41) is 12.2. The number of aromatic amines is 1. The Labute approximate surface area is 197 Å². The number of H-pyrrole nitrogens is 1. The number of aromatic nitrogens is 1. The number of ketones is 1. The van der Waals surface area contributed by atoms with Crippen LogP contribution in [0.25, 0.3) is 16.7 Å². The molecule has 1 aromatic heterocycles. The first-order chi connectivity index (χ1) is 16.5. The fourth-order valence-corrected chi connectivity index (χ4v) is 4.42. The summed E-state index contributed by atoms with van der Waals surface area (Å²) in [6.45, 7) is 3.86. The molecule has 0 aliphatic carbocycles. The zero-order valence-corrected chi connectivity index (χ0v) is 18.9. The maximum absolute atomic E-state index is 13.3. The van der Waals surface area contributed by atoms with Gasteiger partial charge in [0.15, 0.2) is 0 Å². The van der Waals surface area contributed by atoms with Crippen molar-refractivity contribution in [2.45, 2.75) is 26.0 Å². The smallest absolute Gasteiger partial charge is 0.300 e. The zero-order chi connectivity index (χ0) is 23.8. The second-order valence-electron chi connectivity index (χ2n) is 8.49. The Morgan fingerprint density at radius 2 is 1.62 bits per heavy atom. The van der Waals surface area contributed by atoms with Crippen LogP contribution >= 0.6 is 0 Å². The number of Topliss-reactive ketones (excluding diaryl/α,β-unsaturated/α-hetero) is 1. The third-order valence-corrected chi connectivity index (χ3v) is 5.89. The van der Waals surface area contributed by atoms with Crippen LogP contribution in [0.2, 0.25) is 0 Å². The highest BCUT2D eigenvalue weighted by Gasteiger charge is 2.47. The van der Waals surface area contributed by atoms with Gasteiger partial charge in [0.05, 0.1) is 17.7 Å². The first-order valence-corrected chi connectivity index (χ1v) is 11.1. The number of carbonyl (C=O) groups is 2. The molecule has 1 fully saturated rings. The summed E-state index contributed by atoms with van der Waals surface area (Å²) in [6, 6.07) is 22.8. The highest BCUT2D eigenvalue weighted by Crippen LogP contribution is 2.44. The third kappa shape index (κ3) is 3.63. The Kier molecular flexibility index (Phi) is 5.42. The van der Waals surface area contributed by atoms with Crippen LogP contribution in [0.5, 0.6) is 5.75 Å². The van der Waals surface area contributed by atoms with Crippen molar-refractivity contribution in [1.82, 2.24) is 4.98 Å². The van der Waals surface area contributed by atoms with E-state index in [4.69, 9.17) is 4.74 Å². The summed E-state index contributed by atoms with van der Waals surface area (Å²) in [6.07, 6.45) is 1.81. The average molecular weight is 453 g/mol. The number of anilines is 1. The van der Waals surface area contributed by atoms with Crippen molar-refractivity contribution in [3.63, 3.8) is 0 Å². The maximum atomic E-state index is 13.3. The predicted octanol–water partition coefficient (Wildman–Crippen LogP) is 5.58. The topological polar surface area (TPSA) is 82.6 Å². The Balaban J connectivity index is 1.69. The SMILES string of the molecule is CC(C)Oc1ccc(/C(O)=C2\C(=O)C(=O)N(c3ccccc3)C2c2c[nH]c3ccccc23)cc1. The summed E-state index contributed by atoms with van der Waals surface area (Å²) in [7, 11) is 0. The van der Waals surface area contributed by atoms with Crippen LogP contribution in [0.1, 0.15) is 31.0 Å². The van der Waals surface area contributed by atoms with E-state index in [0.717, 1.165) is 16.5 Å². The maximum Gasteiger partial charge on any atom is 0.300 e. The summed E-state index contributed by atoms with van der Waals surface area (Å²) in [4.78, 5) is 31.3. The standard InChI is InChI=1S/C28H24N2O4/c1-17(2)34-20-14-12-18(13-15-20)26(31)24-25(22-16-29-23-11-7-6-10-21(22)23)30(28(33)27(24)32)19-8-4-3-5-9-19/h3-17,25,29,31H,1-2H3/b26-24+. The van der Waals surface area contributed by atoms with Crippen LogP contribution in [0, 0.1) is 0 Å². The largest absolute Gasteiger partial charge is 0.507 e. The molecule has 6 heteroatoms. The Hall–Kier alpha value is -4.32. The van der Waals surface area contributed by atoms with Gasteiger partial charge in [0.25, 0.3) is 11.7 Å². The summed E-state index contributed by atoms with van der Waals surface area (Å²) in [5.41, 5.74) is 2.69. The molecule has 3 aromatic carbocycles. The van der Waals surface area contributed by atoms with Gasteiger partial charge in [0.2, 0.25) is 0 Å². The number of carbonyl (C=O) groups excluding carboxylic acids is 2. The van der Waals surface area contributed by atoms with Gasteiger partial charge in [-0.3, -0.25) is 14.5 Å². The molecule has 1 saturated heterocycles. The minimum Gasteiger partial charge on any atom is -0.507 e. The number of aliphatic hydroxyl groups excluding tert-OH is 1. The summed E-state index contributed by atoms with van der Waals surface area (Å²) in [5.74, 6) is -0.963. The van der Waals surface area contributed by atoms with Crippen LogP contribution in [0.15, 0.2) is 90.6 Å². The number of ether oxygens (including phenoxy) is 1. The van der Waals surface area contributed by atoms with Crippen molar-refractivity contribution in [3.8, 4) is 5.75 Å². The number of hydrogen-bond acceptors (Lipinski definition) is 4. The van der Waals surface area contributed by atoms with Crippen molar-refractivity contribution < 1.29 is 19.4 Å². The van der Waals surface area contributed by atoms with Gasteiger partial charge in [0.1, 0.15) is 11.5 Å². The molecule has 1 amide bonds. The lowest BCUT2D eigenvalue weighted by Crippen LogP contribution is -2.29. The number of nitrogens with zero attached hydrogens (tertiary/aromatic N) is 1. The van der Waals surface area contributed by atoms with Gasteiger partial charge in [-0.1, -0.05) is 36.4 Å². The van der Waals surface area contributed by atoms with E-state index in [-0.39, 0.29) is 17.4 Å². The number of aliphatic hydroxyl groups is 1. The van der Waals surface area contributed by atoms with Crippen LogP contribution in [-0.4, -0.2) is 27.9 Å². The lowest BCUT2D eigenvalue weighted by molar-refractivity contribution is -0.132. The number of benzene rings is 3. The average Bonchev–Trinajstić information content (AvgIpc) is 3.38. The molecule has 0 spiro atoms. The van der Waals surface area contributed by atoms with Crippen molar-refractivity contribution in [1.29, 1.82) is 0 Å². The molecular formula is C28H24N2O4. The number of amides is 1. The van der Waals surface area contributed by atoms with E-state index in [1.807, 2.05) is 56.3 Å². The number of para-hydroxylation sites is 2. The molecule has 4 aromatic rings. The second-order valence-corrected chi connectivity index (χ2v) is 8.49. The first-order valence-electron chi connectivity index (χ1n) is 11.1. The van der Waals surface area contributed by atoms with Crippen LogP contribution in [-0.2, 0) is 9.59 Å². The Morgan fingerprint density at radius 1 is 0.941 bits per heavy atom. The molecule has 2 heterocycles. The monoisotopic (exact) mass is 452 g/mol. The highest BCUT2D eigenvalue weighted by molar-refractivity contribution is 6.51. The van der Waals surface area contributed by atoms with Crippen molar-refractivity contribution >= 4 is 34.0 Å². The molecule has 5 rings (SSSR count). The van der Waals surface area contributed by atoms with Gasteiger partial charge in [-0.25, -0.2) is 0 Å². The fraction of sp³-hybridized carbons (Fsp3) is 0.143. The number of nitrogens with one attached hydrogen (secondary N) is 1. The minimum absolute atomic E-state index is 0.0116. The van der Waals surface area contributed by atoms with E-state index < -0.39 is 17.7 Å². The number of rotatable bonds is 5. The molecule has 1 unspecified atom stereocenters. The van der Waals surface area contributed by atoms with E-state index in [0.29, 0.717) is 17.0 Å². The summed E-state index contributed by atoms with van der Waals surface area (Å²) >= 11 is 0. The van der Waals surface area contributed by atoms with E-state index in [1.165, 1.54) is 4.90 Å². The molecule has 1 aliphatic heterocycles. The van der Waals surface area contributed by atoms with Crippen molar-refractivity contribution in [2.75, 3.05) is 4.90 Å². The fourth-order valence-electron chi connectivity index (χ4n) is 4.42. The quantitative estimate of drug-likeness (QED) is 0.235. The third-order valence-electron chi connectivity index (χ3n) is 5.89. The molecular weight excluding hydrogens is 428 g/mol. The molecule has 1 atom stereocenters. The van der Waals surface area contributed by atoms with Gasteiger partial charge in [-0.15, -0.1) is 0 Å². The molecule has 0 radical (unpaired) electrons. The molecule has 2 N–H and O–H groups in total. The molecule has 0 bridgehead atoms. The van der Waals surface area contributed by atoms with Gasteiger partial charge in [-0.05, 0) is 56.3 Å². The van der Waals surface area contributed by atoms with E-state index in [2.05, 4.69) is 4.98 Å². The van der Waals surface area contributed by atoms with Crippen LogP contribution < -0.4 is 9.64 Å². The molecule has 0 saturated carbocycles. The molecule has 6 nitrogen and oxygen atoms in total. The molecule has 34 heavy (non-hydrogen) atoms. The van der Waals surface area contributed by atoms with Gasteiger partial charge in [0, 0.05) is 33.9 Å². The van der Waals surface area contributed by atoms with Crippen molar-refractivity contribution in [3.05, 3.63) is 102 Å². The molecule has 1 aliphatic rings. The normalized spacial score (nSPS) is 17.6. The zero-order valence-electron chi connectivity index (χ0n) is 18.9.